The quantitative estimate of drug-likeness (QED) is 0.654. The number of ketones is 1. The molecule has 0 spiro atoms. The fraction of sp³-hybridized carbons (Fsp3) is 0.0500. The van der Waals surface area contributed by atoms with Crippen LogP contribution in [0.4, 0.5) is 0 Å². The van der Waals surface area contributed by atoms with Crippen LogP contribution in [0.5, 0.6) is 5.75 Å². The Morgan fingerprint density at radius 2 is 1.64 bits per heavy atom. The van der Waals surface area contributed by atoms with Crippen molar-refractivity contribution in [1.82, 2.24) is 0 Å². The smallest absolute Gasteiger partial charge is 0.193 e. The number of carbonyl (C=O) groups excluding carboxylic acids is 1. The molecule has 0 saturated heterocycles. The lowest BCUT2D eigenvalue weighted by Gasteiger charge is -2.07. The third-order valence-electron chi connectivity index (χ3n) is 3.30. The largest absolute Gasteiger partial charge is 0.488 e. The van der Waals surface area contributed by atoms with Gasteiger partial charge in [0.2, 0.25) is 0 Å². The Hall–Kier alpha value is -2.87. The minimum atomic E-state index is 0.0220. The van der Waals surface area contributed by atoms with Crippen LogP contribution in [0.3, 0.4) is 0 Å². The van der Waals surface area contributed by atoms with E-state index in [1.807, 2.05) is 78.9 Å². The molecule has 2 nitrogen and oxygen atoms in total. The van der Waals surface area contributed by atoms with E-state index < -0.39 is 0 Å². The minimum absolute atomic E-state index is 0.0220. The van der Waals surface area contributed by atoms with Crippen LogP contribution in [0.15, 0.2) is 78.9 Å². The number of benzene rings is 3. The Balaban J connectivity index is 1.74. The highest BCUT2D eigenvalue weighted by atomic mass is 16.5. The summed E-state index contributed by atoms with van der Waals surface area (Å²) < 4.78 is 5.67. The van der Waals surface area contributed by atoms with E-state index in [4.69, 9.17) is 4.74 Å². The molecule has 0 aliphatic heterocycles. The highest BCUT2D eigenvalue weighted by molar-refractivity contribution is 6.09. The average molecular weight is 287 g/mol. The molecule has 0 aliphatic carbocycles. The summed E-state index contributed by atoms with van der Waals surface area (Å²) in [6.07, 6.45) is 0. The molecule has 0 aliphatic rings. The number of hydrogen-bond acceptors (Lipinski definition) is 2. The van der Waals surface area contributed by atoms with Crippen molar-refractivity contribution < 1.29 is 9.53 Å². The summed E-state index contributed by atoms with van der Waals surface area (Å²) in [5, 5.41) is 0. The van der Waals surface area contributed by atoms with Gasteiger partial charge >= 0.3 is 0 Å². The lowest BCUT2D eigenvalue weighted by Crippen LogP contribution is -2.03. The first-order valence-electron chi connectivity index (χ1n) is 7.11. The van der Waals surface area contributed by atoms with Crippen LogP contribution in [0.25, 0.3) is 0 Å². The highest BCUT2D eigenvalue weighted by Crippen LogP contribution is 2.14. The topological polar surface area (TPSA) is 26.3 Å². The van der Waals surface area contributed by atoms with Crippen LogP contribution in [0, 0.1) is 6.07 Å². The Morgan fingerprint density at radius 3 is 2.41 bits per heavy atom. The van der Waals surface area contributed by atoms with Gasteiger partial charge in [0.25, 0.3) is 0 Å². The summed E-state index contributed by atoms with van der Waals surface area (Å²) in [7, 11) is 0. The zero-order valence-electron chi connectivity index (χ0n) is 12.0. The van der Waals surface area contributed by atoms with Crippen molar-refractivity contribution in [3.05, 3.63) is 102 Å². The molecular weight excluding hydrogens is 272 g/mol. The van der Waals surface area contributed by atoms with Crippen molar-refractivity contribution in [2.24, 2.45) is 0 Å². The number of carbonyl (C=O) groups is 1. The Labute approximate surface area is 130 Å². The van der Waals surface area contributed by atoms with Gasteiger partial charge in [-0.25, -0.2) is 0 Å². The first kappa shape index (κ1) is 14.1. The van der Waals surface area contributed by atoms with Gasteiger partial charge < -0.3 is 4.74 Å². The normalized spacial score (nSPS) is 10.2. The summed E-state index contributed by atoms with van der Waals surface area (Å²) in [5.41, 5.74) is 2.32. The Morgan fingerprint density at radius 1 is 0.864 bits per heavy atom. The molecule has 107 valence electrons. The van der Waals surface area contributed by atoms with Gasteiger partial charge in [0.05, 0.1) is 0 Å². The van der Waals surface area contributed by atoms with E-state index in [0.717, 1.165) is 5.56 Å². The van der Waals surface area contributed by atoms with E-state index in [0.29, 0.717) is 23.5 Å². The SMILES string of the molecule is O=C(c1ccccc1)c1cccc(COc2[c]cccc2)c1. The average Bonchev–Trinajstić information content (AvgIpc) is 2.61. The van der Waals surface area contributed by atoms with Gasteiger partial charge in [0, 0.05) is 17.2 Å². The van der Waals surface area contributed by atoms with Crippen molar-refractivity contribution in [2.45, 2.75) is 6.61 Å². The van der Waals surface area contributed by atoms with Crippen molar-refractivity contribution >= 4 is 5.78 Å². The molecule has 3 aromatic rings. The van der Waals surface area contributed by atoms with E-state index in [1.165, 1.54) is 0 Å². The molecule has 3 rings (SSSR count). The van der Waals surface area contributed by atoms with Gasteiger partial charge in [-0.1, -0.05) is 66.7 Å². The Kier molecular flexibility index (Phi) is 4.30. The molecule has 0 amide bonds. The van der Waals surface area contributed by atoms with Crippen LogP contribution in [-0.2, 0) is 6.61 Å². The van der Waals surface area contributed by atoms with Crippen LogP contribution in [0.1, 0.15) is 21.5 Å². The molecule has 0 aromatic heterocycles. The number of rotatable bonds is 5. The van der Waals surface area contributed by atoms with Crippen molar-refractivity contribution in [3.63, 3.8) is 0 Å². The third kappa shape index (κ3) is 3.41. The second-order valence-corrected chi connectivity index (χ2v) is 4.91. The molecule has 0 saturated carbocycles. The second-order valence-electron chi connectivity index (χ2n) is 4.91. The lowest BCUT2D eigenvalue weighted by atomic mass is 10.0. The van der Waals surface area contributed by atoms with Crippen LogP contribution in [0.2, 0.25) is 0 Å². The fourth-order valence-corrected chi connectivity index (χ4v) is 2.19. The first-order chi connectivity index (χ1) is 10.8. The molecule has 2 heteroatoms. The van der Waals surface area contributed by atoms with Gasteiger partial charge in [-0.2, -0.15) is 0 Å². The van der Waals surface area contributed by atoms with E-state index in [2.05, 4.69) is 6.07 Å². The Bertz CT molecular complexity index is 749. The fourth-order valence-electron chi connectivity index (χ4n) is 2.19. The molecule has 0 fully saturated rings. The zero-order valence-corrected chi connectivity index (χ0v) is 12.0. The molecule has 22 heavy (non-hydrogen) atoms. The molecule has 3 aromatic carbocycles. The van der Waals surface area contributed by atoms with Crippen molar-refractivity contribution in [1.29, 1.82) is 0 Å². The van der Waals surface area contributed by atoms with Crippen molar-refractivity contribution in [2.75, 3.05) is 0 Å². The summed E-state index contributed by atoms with van der Waals surface area (Å²) in [6, 6.07) is 27.3. The summed E-state index contributed by atoms with van der Waals surface area (Å²) >= 11 is 0. The van der Waals surface area contributed by atoms with Gasteiger partial charge in [-0.05, 0) is 17.7 Å². The van der Waals surface area contributed by atoms with Gasteiger partial charge in [0.1, 0.15) is 12.4 Å². The molecule has 0 N–H and O–H groups in total. The highest BCUT2D eigenvalue weighted by Gasteiger charge is 2.09. The maximum atomic E-state index is 12.4. The maximum Gasteiger partial charge on any atom is 0.193 e. The van der Waals surface area contributed by atoms with E-state index in [-0.39, 0.29) is 5.78 Å². The minimum Gasteiger partial charge on any atom is -0.488 e. The monoisotopic (exact) mass is 287 g/mol. The molecule has 0 heterocycles. The van der Waals surface area contributed by atoms with Crippen molar-refractivity contribution in [3.8, 4) is 5.75 Å². The molecular formula is C20H15O2. The standard InChI is InChI=1S/C20H15O2/c21-20(17-9-3-1-4-10-17)18-11-7-8-16(14-18)15-22-19-12-5-2-6-13-19/h1-12,14H,15H2. The first-order valence-corrected chi connectivity index (χ1v) is 7.11. The van der Waals surface area contributed by atoms with E-state index in [9.17, 15) is 4.79 Å². The van der Waals surface area contributed by atoms with E-state index in [1.54, 1.807) is 0 Å². The maximum absolute atomic E-state index is 12.4. The number of ether oxygens (including phenoxy) is 1. The van der Waals surface area contributed by atoms with Crippen LogP contribution < -0.4 is 4.74 Å². The second kappa shape index (κ2) is 6.72. The predicted octanol–water partition coefficient (Wildman–Crippen LogP) is 4.30. The molecule has 0 unspecified atom stereocenters. The molecule has 0 atom stereocenters. The third-order valence-corrected chi connectivity index (χ3v) is 3.30. The van der Waals surface area contributed by atoms with Crippen LogP contribution >= 0.6 is 0 Å². The van der Waals surface area contributed by atoms with Crippen LogP contribution in [-0.4, -0.2) is 5.78 Å². The lowest BCUT2D eigenvalue weighted by molar-refractivity contribution is 0.103. The molecule has 1 radical (unpaired) electrons. The van der Waals surface area contributed by atoms with E-state index >= 15 is 0 Å². The van der Waals surface area contributed by atoms with Gasteiger partial charge in [0.15, 0.2) is 5.78 Å². The molecule has 0 bridgehead atoms. The summed E-state index contributed by atoms with van der Waals surface area (Å²) in [5.74, 6) is 0.719. The number of hydrogen-bond donors (Lipinski definition) is 0. The summed E-state index contributed by atoms with van der Waals surface area (Å²) in [4.78, 5) is 12.4. The summed E-state index contributed by atoms with van der Waals surface area (Å²) in [6.45, 7) is 0.413. The predicted molar refractivity (Wildman–Crippen MR) is 85.9 cm³/mol. The van der Waals surface area contributed by atoms with Gasteiger partial charge in [-0.15, -0.1) is 0 Å². The number of para-hydroxylation sites is 1. The van der Waals surface area contributed by atoms with Gasteiger partial charge in [-0.3, -0.25) is 4.79 Å². The zero-order chi connectivity index (χ0) is 15.2.